The number of rotatable bonds is 32. The van der Waals surface area contributed by atoms with Gasteiger partial charge >= 0.3 is 0 Å². The van der Waals surface area contributed by atoms with Gasteiger partial charge in [0.25, 0.3) is 0 Å². The number of amides is 1. The molecule has 0 rings (SSSR count). The smallest absolute Gasteiger partial charge is 0.220 e. The van der Waals surface area contributed by atoms with Crippen molar-refractivity contribution >= 4 is 5.91 Å². The van der Waals surface area contributed by atoms with Gasteiger partial charge in [0.2, 0.25) is 5.91 Å². The summed E-state index contributed by atoms with van der Waals surface area (Å²) in [5.41, 5.74) is 0. The van der Waals surface area contributed by atoms with E-state index in [0.29, 0.717) is 6.42 Å². The molecule has 0 aromatic carbocycles. The Balaban J connectivity index is 3.70. The van der Waals surface area contributed by atoms with Crippen LogP contribution in [0, 0.1) is 0 Å². The topological polar surface area (TPSA) is 69.6 Å². The molecule has 246 valence electrons. The summed E-state index contributed by atoms with van der Waals surface area (Å²) in [6.45, 7) is 4.27. The lowest BCUT2D eigenvalue weighted by Gasteiger charge is -2.19. The normalized spacial score (nSPS) is 13.5. The zero-order valence-electron chi connectivity index (χ0n) is 28.0. The van der Waals surface area contributed by atoms with Gasteiger partial charge < -0.3 is 15.5 Å². The molecule has 1 amide bonds. The Labute approximate surface area is 261 Å². The SMILES string of the molecule is CCCCCCC/C=C/CCCCCCCC(=O)N[C@@H](CO)[C@H](O)/C=C/CC/C=C/CCCCCCCCCCCC. The molecule has 42 heavy (non-hydrogen) atoms. The largest absolute Gasteiger partial charge is 0.394 e. The van der Waals surface area contributed by atoms with Crippen molar-refractivity contribution in [3.63, 3.8) is 0 Å². The maximum absolute atomic E-state index is 12.3. The van der Waals surface area contributed by atoms with E-state index < -0.39 is 12.1 Å². The van der Waals surface area contributed by atoms with Gasteiger partial charge in [-0.15, -0.1) is 0 Å². The van der Waals surface area contributed by atoms with Crippen molar-refractivity contribution in [1.29, 1.82) is 0 Å². The zero-order valence-corrected chi connectivity index (χ0v) is 28.0. The van der Waals surface area contributed by atoms with Crippen LogP contribution >= 0.6 is 0 Å². The van der Waals surface area contributed by atoms with Crippen LogP contribution in [0.25, 0.3) is 0 Å². The Bertz CT molecular complexity index is 642. The van der Waals surface area contributed by atoms with E-state index in [9.17, 15) is 15.0 Å². The van der Waals surface area contributed by atoms with Gasteiger partial charge in [0.05, 0.1) is 18.8 Å². The molecule has 2 atom stereocenters. The summed E-state index contributed by atoms with van der Waals surface area (Å²) in [6.07, 6.45) is 43.7. The Morgan fingerprint density at radius 3 is 1.38 bits per heavy atom. The van der Waals surface area contributed by atoms with E-state index in [2.05, 4.69) is 43.5 Å². The third-order valence-corrected chi connectivity index (χ3v) is 8.10. The van der Waals surface area contributed by atoms with Crippen LogP contribution in [-0.2, 0) is 4.79 Å². The first kappa shape index (κ1) is 40.6. The fourth-order valence-corrected chi connectivity index (χ4v) is 5.25. The lowest BCUT2D eigenvalue weighted by Crippen LogP contribution is -2.45. The van der Waals surface area contributed by atoms with Gasteiger partial charge in [-0.25, -0.2) is 0 Å². The van der Waals surface area contributed by atoms with Crippen molar-refractivity contribution in [2.75, 3.05) is 6.61 Å². The van der Waals surface area contributed by atoms with E-state index >= 15 is 0 Å². The van der Waals surface area contributed by atoms with E-state index in [1.807, 2.05) is 6.08 Å². The molecule has 0 saturated carbocycles. The number of aliphatic hydroxyl groups excluding tert-OH is 2. The highest BCUT2D eigenvalue weighted by Gasteiger charge is 2.17. The number of carbonyl (C=O) groups excluding carboxylic acids is 1. The Kier molecular flexibility index (Phi) is 33.0. The van der Waals surface area contributed by atoms with Crippen LogP contribution in [0.15, 0.2) is 36.5 Å². The summed E-state index contributed by atoms with van der Waals surface area (Å²) < 4.78 is 0. The minimum Gasteiger partial charge on any atom is -0.394 e. The molecule has 0 aromatic rings. The fourth-order valence-electron chi connectivity index (χ4n) is 5.25. The minimum absolute atomic E-state index is 0.0849. The summed E-state index contributed by atoms with van der Waals surface area (Å²) >= 11 is 0. The summed E-state index contributed by atoms with van der Waals surface area (Å²) in [6, 6.07) is -0.640. The molecular weight excluding hydrogens is 518 g/mol. The minimum atomic E-state index is -0.862. The first-order valence-corrected chi connectivity index (χ1v) is 18.2. The average Bonchev–Trinajstić information content (AvgIpc) is 2.99. The second-order valence-corrected chi connectivity index (χ2v) is 12.3. The quantitative estimate of drug-likeness (QED) is 0.0540. The molecule has 0 aromatic heterocycles. The van der Waals surface area contributed by atoms with E-state index in [0.717, 1.165) is 44.9 Å². The predicted molar refractivity (Wildman–Crippen MR) is 184 cm³/mol. The van der Waals surface area contributed by atoms with E-state index in [4.69, 9.17) is 0 Å². The van der Waals surface area contributed by atoms with Gasteiger partial charge in [-0.2, -0.15) is 0 Å². The molecule has 4 heteroatoms. The molecule has 0 aliphatic heterocycles. The van der Waals surface area contributed by atoms with Crippen molar-refractivity contribution in [2.24, 2.45) is 0 Å². The number of nitrogens with one attached hydrogen (secondary N) is 1. The maximum Gasteiger partial charge on any atom is 0.220 e. The molecule has 0 saturated heterocycles. The summed E-state index contributed by atoms with van der Waals surface area (Å²) in [7, 11) is 0. The van der Waals surface area contributed by atoms with Crippen LogP contribution in [0.5, 0.6) is 0 Å². The molecule has 0 heterocycles. The molecular formula is C38H71NO3. The molecule has 3 N–H and O–H groups in total. The second-order valence-electron chi connectivity index (χ2n) is 12.3. The summed E-state index contributed by atoms with van der Waals surface area (Å²) in [5.74, 6) is -0.0849. The van der Waals surface area contributed by atoms with Gasteiger partial charge in [0.15, 0.2) is 0 Å². The highest BCUT2D eigenvalue weighted by molar-refractivity contribution is 5.76. The number of aliphatic hydroxyl groups is 2. The maximum atomic E-state index is 12.3. The van der Waals surface area contributed by atoms with Crippen LogP contribution in [0.3, 0.4) is 0 Å². The standard InChI is InChI=1S/C38H71NO3/c1-3-5-7-9-11-13-15-17-19-20-21-23-25-27-29-31-33-37(41)36(35-40)39-38(42)34-32-30-28-26-24-22-18-16-14-12-10-8-6-4-2/h16,18,23,25,31,33,36-37,40-41H,3-15,17,19-22,24,26-30,32,34-35H2,1-2H3,(H,39,42)/b18-16+,25-23+,33-31+/t36-,37+/m0/s1. The number of hydrogen-bond donors (Lipinski definition) is 3. The monoisotopic (exact) mass is 590 g/mol. The zero-order chi connectivity index (χ0) is 30.8. The third kappa shape index (κ3) is 30.1. The van der Waals surface area contributed by atoms with E-state index in [1.165, 1.54) is 116 Å². The number of hydrogen-bond acceptors (Lipinski definition) is 3. The van der Waals surface area contributed by atoms with Crippen molar-refractivity contribution in [2.45, 2.75) is 193 Å². The first-order chi connectivity index (χ1) is 20.7. The molecule has 0 aliphatic carbocycles. The molecule has 0 spiro atoms. The lowest BCUT2D eigenvalue weighted by atomic mass is 10.1. The van der Waals surface area contributed by atoms with Gasteiger partial charge in [-0.3, -0.25) is 4.79 Å². The molecule has 4 nitrogen and oxygen atoms in total. The van der Waals surface area contributed by atoms with E-state index in [1.54, 1.807) is 6.08 Å². The van der Waals surface area contributed by atoms with E-state index in [-0.39, 0.29) is 12.5 Å². The number of carbonyl (C=O) groups is 1. The molecule has 0 aliphatic rings. The average molecular weight is 590 g/mol. The number of allylic oxidation sites excluding steroid dienone is 5. The summed E-state index contributed by atoms with van der Waals surface area (Å²) in [5, 5.41) is 22.8. The van der Waals surface area contributed by atoms with Crippen molar-refractivity contribution < 1.29 is 15.0 Å². The highest BCUT2D eigenvalue weighted by atomic mass is 16.3. The Hall–Kier alpha value is -1.39. The van der Waals surface area contributed by atoms with Gasteiger partial charge in [0, 0.05) is 6.42 Å². The first-order valence-electron chi connectivity index (χ1n) is 18.2. The van der Waals surface area contributed by atoms with Crippen molar-refractivity contribution in [1.82, 2.24) is 5.32 Å². The molecule has 0 fully saturated rings. The van der Waals surface area contributed by atoms with Crippen LogP contribution < -0.4 is 5.32 Å². The summed E-state index contributed by atoms with van der Waals surface area (Å²) in [4.78, 5) is 12.3. The predicted octanol–water partition coefficient (Wildman–Crippen LogP) is 10.7. The fraction of sp³-hybridized carbons (Fsp3) is 0.816. The van der Waals surface area contributed by atoms with Crippen molar-refractivity contribution in [3.05, 3.63) is 36.5 Å². The molecule has 0 unspecified atom stereocenters. The lowest BCUT2D eigenvalue weighted by molar-refractivity contribution is -0.123. The Morgan fingerprint density at radius 1 is 0.548 bits per heavy atom. The molecule has 0 radical (unpaired) electrons. The molecule has 0 bridgehead atoms. The third-order valence-electron chi connectivity index (χ3n) is 8.10. The van der Waals surface area contributed by atoms with Crippen LogP contribution in [-0.4, -0.2) is 34.9 Å². The van der Waals surface area contributed by atoms with Gasteiger partial charge in [0.1, 0.15) is 0 Å². The van der Waals surface area contributed by atoms with Gasteiger partial charge in [-0.05, 0) is 57.8 Å². The number of unbranched alkanes of at least 4 members (excludes halogenated alkanes) is 21. The van der Waals surface area contributed by atoms with Crippen LogP contribution in [0.2, 0.25) is 0 Å². The highest BCUT2D eigenvalue weighted by Crippen LogP contribution is 2.12. The second kappa shape index (κ2) is 34.1. The van der Waals surface area contributed by atoms with Crippen molar-refractivity contribution in [3.8, 4) is 0 Å². The Morgan fingerprint density at radius 2 is 0.929 bits per heavy atom. The van der Waals surface area contributed by atoms with Crippen LogP contribution in [0.1, 0.15) is 181 Å². The van der Waals surface area contributed by atoms with Crippen LogP contribution in [0.4, 0.5) is 0 Å². The van der Waals surface area contributed by atoms with Gasteiger partial charge in [-0.1, -0.05) is 153 Å².